The van der Waals surface area contributed by atoms with Crippen molar-refractivity contribution in [2.24, 2.45) is 0 Å². The fourth-order valence-electron chi connectivity index (χ4n) is 4.36. The zero-order valence-electron chi connectivity index (χ0n) is 21.5. The first kappa shape index (κ1) is 25.5. The lowest BCUT2D eigenvalue weighted by Gasteiger charge is -2.18. The fraction of sp³-hybridized carbons (Fsp3) is 0.241. The van der Waals surface area contributed by atoms with Crippen LogP contribution in [0.5, 0.6) is 11.6 Å². The molecule has 0 unspecified atom stereocenters. The highest BCUT2D eigenvalue weighted by atomic mass is 35.5. The van der Waals surface area contributed by atoms with Crippen molar-refractivity contribution in [1.29, 1.82) is 0 Å². The van der Waals surface area contributed by atoms with Crippen LogP contribution in [-0.2, 0) is 6.54 Å². The summed E-state index contributed by atoms with van der Waals surface area (Å²) in [5.41, 5.74) is 8.48. The lowest BCUT2D eigenvalue weighted by atomic mass is 9.94. The van der Waals surface area contributed by atoms with Crippen molar-refractivity contribution in [2.45, 2.75) is 13.5 Å². The number of nitrogens with one attached hydrogen (secondary N) is 1. The number of rotatable bonds is 8. The van der Waals surface area contributed by atoms with Gasteiger partial charge in [0.1, 0.15) is 5.75 Å². The first-order chi connectivity index (χ1) is 17.4. The van der Waals surface area contributed by atoms with E-state index in [1.807, 2.05) is 68.5 Å². The van der Waals surface area contributed by atoms with Crippen molar-refractivity contribution >= 4 is 17.3 Å². The van der Waals surface area contributed by atoms with Gasteiger partial charge in [-0.1, -0.05) is 41.9 Å². The standard InChI is InChI=1S/C29H31ClN4O2/c1-18-21(8-7-9-22(18)24-12-13-25(34(3)4)29(33-24)36-6)23-14-15-32-28(27(23)30)19-10-11-20(17-31-2)26(16-19)35-5/h7-16,31H,17H2,1-6H3. The van der Waals surface area contributed by atoms with E-state index < -0.39 is 0 Å². The average Bonchev–Trinajstić information content (AvgIpc) is 2.89. The molecule has 0 aliphatic rings. The van der Waals surface area contributed by atoms with Gasteiger partial charge in [0.2, 0.25) is 5.88 Å². The molecule has 6 nitrogen and oxygen atoms in total. The summed E-state index contributed by atoms with van der Waals surface area (Å²) < 4.78 is 11.2. The van der Waals surface area contributed by atoms with Gasteiger partial charge in [-0.25, -0.2) is 4.98 Å². The van der Waals surface area contributed by atoms with E-state index in [4.69, 9.17) is 26.1 Å². The molecule has 4 rings (SSSR count). The number of aromatic nitrogens is 2. The summed E-state index contributed by atoms with van der Waals surface area (Å²) in [7, 11) is 9.16. The lowest BCUT2D eigenvalue weighted by Crippen LogP contribution is -2.11. The van der Waals surface area contributed by atoms with E-state index in [0.717, 1.165) is 50.5 Å². The van der Waals surface area contributed by atoms with Gasteiger partial charge < -0.3 is 19.7 Å². The monoisotopic (exact) mass is 502 g/mol. The normalized spacial score (nSPS) is 10.9. The second kappa shape index (κ2) is 11.0. The molecule has 0 amide bonds. The van der Waals surface area contributed by atoms with Crippen LogP contribution in [0.2, 0.25) is 5.02 Å². The first-order valence-electron chi connectivity index (χ1n) is 11.7. The Labute approximate surface area is 217 Å². The summed E-state index contributed by atoms with van der Waals surface area (Å²) in [5.74, 6) is 1.38. The lowest BCUT2D eigenvalue weighted by molar-refractivity contribution is 0.399. The van der Waals surface area contributed by atoms with Gasteiger partial charge in [-0.3, -0.25) is 4.98 Å². The van der Waals surface area contributed by atoms with E-state index in [1.165, 1.54) is 0 Å². The molecule has 0 saturated heterocycles. The highest BCUT2D eigenvalue weighted by Gasteiger charge is 2.17. The van der Waals surface area contributed by atoms with E-state index in [0.29, 0.717) is 23.1 Å². The van der Waals surface area contributed by atoms with Crippen LogP contribution in [0.1, 0.15) is 11.1 Å². The van der Waals surface area contributed by atoms with Crippen molar-refractivity contribution in [3.8, 4) is 45.3 Å². The number of ether oxygens (including phenoxy) is 2. The predicted octanol–water partition coefficient (Wildman–Crippen LogP) is 6.24. The second-order valence-corrected chi connectivity index (χ2v) is 9.05. The van der Waals surface area contributed by atoms with Crippen LogP contribution in [0.3, 0.4) is 0 Å². The summed E-state index contributed by atoms with van der Waals surface area (Å²) >= 11 is 6.99. The molecular weight excluding hydrogens is 472 g/mol. The summed E-state index contributed by atoms with van der Waals surface area (Å²) in [6.45, 7) is 2.80. The molecule has 4 aromatic rings. The maximum Gasteiger partial charge on any atom is 0.237 e. The van der Waals surface area contributed by atoms with E-state index >= 15 is 0 Å². The van der Waals surface area contributed by atoms with Crippen LogP contribution in [0, 0.1) is 6.92 Å². The molecule has 2 aromatic carbocycles. The number of anilines is 1. The third kappa shape index (κ3) is 4.87. The van der Waals surface area contributed by atoms with Crippen molar-refractivity contribution in [3.05, 3.63) is 76.9 Å². The number of methoxy groups -OCH3 is 2. The highest BCUT2D eigenvalue weighted by Crippen LogP contribution is 2.40. The zero-order valence-corrected chi connectivity index (χ0v) is 22.3. The number of hydrogen-bond acceptors (Lipinski definition) is 6. The molecule has 2 heterocycles. The Bertz CT molecular complexity index is 1390. The Morgan fingerprint density at radius 1 is 0.944 bits per heavy atom. The van der Waals surface area contributed by atoms with Crippen LogP contribution in [0.25, 0.3) is 33.6 Å². The Hall–Kier alpha value is -3.61. The topological polar surface area (TPSA) is 59.5 Å². The van der Waals surface area contributed by atoms with Gasteiger partial charge in [-0.15, -0.1) is 0 Å². The Balaban J connectivity index is 1.80. The SMILES string of the molecule is CNCc1ccc(-c2nccc(-c3cccc(-c4ccc(N(C)C)c(OC)n4)c3C)c2Cl)cc1OC. The van der Waals surface area contributed by atoms with Crippen molar-refractivity contribution in [1.82, 2.24) is 15.3 Å². The van der Waals surface area contributed by atoms with Crippen molar-refractivity contribution in [2.75, 3.05) is 40.3 Å². The minimum Gasteiger partial charge on any atom is -0.496 e. The fourth-order valence-corrected chi connectivity index (χ4v) is 4.68. The second-order valence-electron chi connectivity index (χ2n) is 8.68. The molecular formula is C29H31ClN4O2. The summed E-state index contributed by atoms with van der Waals surface area (Å²) in [4.78, 5) is 11.4. The van der Waals surface area contributed by atoms with Crippen LogP contribution in [0.4, 0.5) is 5.69 Å². The Kier molecular flexibility index (Phi) is 7.77. The summed E-state index contributed by atoms with van der Waals surface area (Å²) in [5, 5.41) is 3.76. The van der Waals surface area contributed by atoms with Gasteiger partial charge in [0, 0.05) is 49.1 Å². The molecule has 0 saturated carbocycles. The maximum atomic E-state index is 6.99. The molecule has 186 valence electrons. The number of halogens is 1. The number of hydrogen-bond donors (Lipinski definition) is 1. The molecule has 0 bridgehead atoms. The largest absolute Gasteiger partial charge is 0.496 e. The molecule has 0 fully saturated rings. The molecule has 7 heteroatoms. The van der Waals surface area contributed by atoms with E-state index in [1.54, 1.807) is 20.4 Å². The maximum absolute atomic E-state index is 6.99. The number of nitrogens with zero attached hydrogens (tertiary/aromatic N) is 3. The van der Waals surface area contributed by atoms with Gasteiger partial charge in [0.05, 0.1) is 36.3 Å². The molecule has 0 aliphatic carbocycles. The molecule has 0 atom stereocenters. The van der Waals surface area contributed by atoms with Gasteiger partial charge >= 0.3 is 0 Å². The molecule has 0 radical (unpaired) electrons. The van der Waals surface area contributed by atoms with Crippen LogP contribution >= 0.6 is 11.6 Å². The van der Waals surface area contributed by atoms with Gasteiger partial charge in [-0.05, 0) is 49.4 Å². The average molecular weight is 503 g/mol. The Morgan fingerprint density at radius 2 is 1.72 bits per heavy atom. The molecule has 0 aliphatic heterocycles. The number of benzene rings is 2. The number of pyridine rings is 2. The minimum absolute atomic E-state index is 0.585. The smallest absolute Gasteiger partial charge is 0.237 e. The molecule has 1 N–H and O–H groups in total. The third-order valence-electron chi connectivity index (χ3n) is 6.23. The third-order valence-corrected chi connectivity index (χ3v) is 6.61. The van der Waals surface area contributed by atoms with E-state index in [9.17, 15) is 0 Å². The zero-order chi connectivity index (χ0) is 25.8. The van der Waals surface area contributed by atoms with E-state index in [2.05, 4.69) is 29.4 Å². The minimum atomic E-state index is 0.585. The van der Waals surface area contributed by atoms with Crippen LogP contribution < -0.4 is 19.7 Å². The molecule has 0 spiro atoms. The van der Waals surface area contributed by atoms with Crippen LogP contribution in [-0.4, -0.2) is 45.3 Å². The van der Waals surface area contributed by atoms with Crippen LogP contribution in [0.15, 0.2) is 60.8 Å². The molecule has 2 aromatic heterocycles. The molecule has 36 heavy (non-hydrogen) atoms. The van der Waals surface area contributed by atoms with E-state index in [-0.39, 0.29) is 0 Å². The summed E-state index contributed by atoms with van der Waals surface area (Å²) in [6, 6.07) is 18.2. The predicted molar refractivity (Wildman–Crippen MR) is 148 cm³/mol. The van der Waals surface area contributed by atoms with Crippen molar-refractivity contribution in [3.63, 3.8) is 0 Å². The quantitative estimate of drug-likeness (QED) is 0.307. The first-order valence-corrected chi connectivity index (χ1v) is 12.1. The van der Waals surface area contributed by atoms with Crippen molar-refractivity contribution < 1.29 is 9.47 Å². The summed E-state index contributed by atoms with van der Waals surface area (Å²) in [6.07, 6.45) is 1.80. The highest BCUT2D eigenvalue weighted by molar-refractivity contribution is 6.35. The van der Waals surface area contributed by atoms with Gasteiger partial charge in [0.15, 0.2) is 0 Å². The Morgan fingerprint density at radius 3 is 2.42 bits per heavy atom. The van der Waals surface area contributed by atoms with Gasteiger partial charge in [-0.2, -0.15) is 0 Å². The van der Waals surface area contributed by atoms with Gasteiger partial charge in [0.25, 0.3) is 0 Å².